The van der Waals surface area contributed by atoms with E-state index in [9.17, 15) is 18.0 Å². The summed E-state index contributed by atoms with van der Waals surface area (Å²) in [6.45, 7) is 4.61. The highest BCUT2D eigenvalue weighted by Crippen LogP contribution is 2.16. The number of pyridine rings is 1. The van der Waals surface area contributed by atoms with E-state index in [-0.39, 0.29) is 29.5 Å². The number of aromatic nitrogens is 1. The largest absolute Gasteiger partial charge is 0.350 e. The summed E-state index contributed by atoms with van der Waals surface area (Å²) in [6, 6.07) is 11.1. The van der Waals surface area contributed by atoms with Crippen molar-refractivity contribution >= 4 is 15.9 Å². The van der Waals surface area contributed by atoms with E-state index in [2.05, 4.69) is 5.32 Å². The Morgan fingerprint density at radius 1 is 1.08 bits per heavy atom. The topological polar surface area (TPSA) is 88.5 Å². The molecule has 8 heteroatoms. The van der Waals surface area contributed by atoms with E-state index >= 15 is 0 Å². The van der Waals surface area contributed by atoms with Gasteiger partial charge in [-0.1, -0.05) is 32.0 Å². The molecule has 26 heavy (non-hydrogen) atoms. The lowest BCUT2D eigenvalue weighted by molar-refractivity contribution is -0.121. The number of carbonyl (C=O) groups is 1. The molecule has 2 rings (SSSR count). The Balaban J connectivity index is 1.98. The maximum atomic E-state index is 12.4. The number of carbonyl (C=O) groups excluding carboxylic acids is 1. The van der Waals surface area contributed by atoms with Crippen molar-refractivity contribution in [3.8, 4) is 0 Å². The molecule has 0 spiro atoms. The van der Waals surface area contributed by atoms with Crippen molar-refractivity contribution in [2.45, 2.75) is 31.8 Å². The van der Waals surface area contributed by atoms with Crippen molar-refractivity contribution in [1.29, 1.82) is 0 Å². The van der Waals surface area contributed by atoms with Gasteiger partial charge < -0.3 is 9.88 Å². The normalized spacial score (nSPS) is 11.5. The standard InChI is InChI=1S/C18H23N3O4S/c1-3-21(4-2)26(24,25)16-10-8-15(9-11-16)13-19-17(22)14-20-12-6-5-7-18(20)23/h5-12H,3-4,13-14H2,1-2H3,(H,19,22). The van der Waals surface area contributed by atoms with Crippen LogP contribution in [0.4, 0.5) is 0 Å². The van der Waals surface area contributed by atoms with E-state index in [0.717, 1.165) is 5.56 Å². The Bertz CT molecular complexity index is 901. The molecule has 2 aromatic rings. The van der Waals surface area contributed by atoms with Crippen LogP contribution in [-0.4, -0.2) is 36.3 Å². The predicted octanol–water partition coefficient (Wildman–Crippen LogP) is 1.20. The van der Waals surface area contributed by atoms with Crippen LogP contribution in [0.15, 0.2) is 58.4 Å². The van der Waals surface area contributed by atoms with Gasteiger partial charge in [-0.2, -0.15) is 4.31 Å². The lowest BCUT2D eigenvalue weighted by atomic mass is 10.2. The highest BCUT2D eigenvalue weighted by atomic mass is 32.2. The minimum absolute atomic E-state index is 0.0614. The summed E-state index contributed by atoms with van der Waals surface area (Å²) < 4.78 is 27.6. The monoisotopic (exact) mass is 377 g/mol. The number of nitrogens with zero attached hydrogens (tertiary/aromatic N) is 2. The van der Waals surface area contributed by atoms with Crippen molar-refractivity contribution in [3.63, 3.8) is 0 Å². The molecule has 1 aromatic carbocycles. The molecule has 0 radical (unpaired) electrons. The molecule has 0 aliphatic heterocycles. The van der Waals surface area contributed by atoms with Crippen LogP contribution in [0.2, 0.25) is 0 Å². The van der Waals surface area contributed by atoms with E-state index in [1.165, 1.54) is 27.1 Å². The summed E-state index contributed by atoms with van der Waals surface area (Å²) in [5.41, 5.74) is 0.533. The number of hydrogen-bond acceptors (Lipinski definition) is 4. The molecular weight excluding hydrogens is 354 g/mol. The van der Waals surface area contributed by atoms with Crippen LogP contribution in [0.3, 0.4) is 0 Å². The smallest absolute Gasteiger partial charge is 0.250 e. The van der Waals surface area contributed by atoms with Crippen molar-refractivity contribution in [2.24, 2.45) is 0 Å². The second kappa shape index (κ2) is 8.77. The third-order valence-electron chi connectivity index (χ3n) is 3.97. The van der Waals surface area contributed by atoms with E-state index in [1.807, 2.05) is 0 Å². The zero-order valence-corrected chi connectivity index (χ0v) is 15.7. The quantitative estimate of drug-likeness (QED) is 0.749. The van der Waals surface area contributed by atoms with Gasteiger partial charge in [0.1, 0.15) is 6.54 Å². The van der Waals surface area contributed by atoms with E-state index in [1.54, 1.807) is 44.3 Å². The number of nitrogens with one attached hydrogen (secondary N) is 1. The Kier molecular flexibility index (Phi) is 6.70. The molecule has 1 N–H and O–H groups in total. The molecule has 0 aliphatic rings. The maximum Gasteiger partial charge on any atom is 0.250 e. The molecule has 0 unspecified atom stereocenters. The average molecular weight is 377 g/mol. The SMILES string of the molecule is CCN(CC)S(=O)(=O)c1ccc(CNC(=O)Cn2ccccc2=O)cc1. The van der Waals surface area contributed by atoms with Crippen molar-refractivity contribution < 1.29 is 13.2 Å². The Hall–Kier alpha value is -2.45. The highest BCUT2D eigenvalue weighted by Gasteiger charge is 2.21. The molecule has 0 saturated heterocycles. The fourth-order valence-corrected chi connectivity index (χ4v) is 3.95. The molecule has 140 valence electrons. The molecule has 7 nitrogen and oxygen atoms in total. The number of sulfonamides is 1. The molecule has 1 amide bonds. The first-order chi connectivity index (χ1) is 12.4. The minimum atomic E-state index is -3.49. The van der Waals surface area contributed by atoms with Gasteiger partial charge in [0.2, 0.25) is 15.9 Å². The van der Waals surface area contributed by atoms with Gasteiger partial charge in [-0.25, -0.2) is 8.42 Å². The minimum Gasteiger partial charge on any atom is -0.350 e. The second-order valence-electron chi connectivity index (χ2n) is 5.68. The second-order valence-corrected chi connectivity index (χ2v) is 7.61. The fraction of sp³-hybridized carbons (Fsp3) is 0.333. The molecule has 0 aliphatic carbocycles. The zero-order chi connectivity index (χ0) is 19.2. The molecule has 1 aromatic heterocycles. The zero-order valence-electron chi connectivity index (χ0n) is 14.9. The first kappa shape index (κ1) is 19.9. The summed E-state index contributed by atoms with van der Waals surface area (Å²) in [5, 5.41) is 2.72. The van der Waals surface area contributed by atoms with Crippen molar-refractivity contribution in [3.05, 3.63) is 64.6 Å². The van der Waals surface area contributed by atoms with Crippen LogP contribution in [-0.2, 0) is 27.9 Å². The lowest BCUT2D eigenvalue weighted by Gasteiger charge is -2.18. The van der Waals surface area contributed by atoms with E-state index in [0.29, 0.717) is 13.1 Å². The molecule has 0 saturated carbocycles. The first-order valence-electron chi connectivity index (χ1n) is 8.39. The molecule has 0 atom stereocenters. The Labute approximate surface area is 153 Å². The first-order valence-corrected chi connectivity index (χ1v) is 9.83. The fourth-order valence-electron chi connectivity index (χ4n) is 2.49. The maximum absolute atomic E-state index is 12.4. The van der Waals surface area contributed by atoms with E-state index < -0.39 is 10.0 Å². The molecule has 1 heterocycles. The van der Waals surface area contributed by atoms with Crippen LogP contribution in [0.25, 0.3) is 0 Å². The van der Waals surface area contributed by atoms with Gasteiger partial charge in [0, 0.05) is 31.9 Å². The third kappa shape index (κ3) is 4.80. The van der Waals surface area contributed by atoms with Gasteiger partial charge in [0.05, 0.1) is 4.90 Å². The summed E-state index contributed by atoms with van der Waals surface area (Å²) in [6.07, 6.45) is 1.55. The summed E-state index contributed by atoms with van der Waals surface area (Å²) >= 11 is 0. The van der Waals surface area contributed by atoms with Gasteiger partial charge in [0.15, 0.2) is 0 Å². The van der Waals surface area contributed by atoms with Crippen molar-refractivity contribution in [2.75, 3.05) is 13.1 Å². The van der Waals surface area contributed by atoms with Crippen molar-refractivity contribution in [1.82, 2.24) is 14.2 Å². The third-order valence-corrected chi connectivity index (χ3v) is 6.03. The van der Waals surface area contributed by atoms with Gasteiger partial charge in [0.25, 0.3) is 5.56 Å². The number of amides is 1. The van der Waals surface area contributed by atoms with Crippen LogP contribution >= 0.6 is 0 Å². The summed E-state index contributed by atoms with van der Waals surface area (Å²) in [4.78, 5) is 23.8. The molecule has 0 bridgehead atoms. The van der Waals surface area contributed by atoms with Crippen LogP contribution in [0, 0.1) is 0 Å². The summed E-state index contributed by atoms with van der Waals surface area (Å²) in [5.74, 6) is -0.293. The average Bonchev–Trinajstić information content (AvgIpc) is 2.63. The Morgan fingerprint density at radius 3 is 2.31 bits per heavy atom. The van der Waals surface area contributed by atoms with Gasteiger partial charge in [-0.15, -0.1) is 0 Å². The van der Waals surface area contributed by atoms with Gasteiger partial charge in [-0.3, -0.25) is 9.59 Å². The number of hydrogen-bond donors (Lipinski definition) is 1. The molecule has 0 fully saturated rings. The van der Waals surface area contributed by atoms with E-state index in [4.69, 9.17) is 0 Å². The number of rotatable bonds is 8. The highest BCUT2D eigenvalue weighted by molar-refractivity contribution is 7.89. The molecular formula is C18H23N3O4S. The van der Waals surface area contributed by atoms with Crippen LogP contribution < -0.4 is 10.9 Å². The lowest BCUT2D eigenvalue weighted by Crippen LogP contribution is -2.31. The Morgan fingerprint density at radius 2 is 1.73 bits per heavy atom. The van der Waals surface area contributed by atoms with Gasteiger partial charge >= 0.3 is 0 Å². The predicted molar refractivity (Wildman–Crippen MR) is 99.1 cm³/mol. The van der Waals surface area contributed by atoms with Crippen LogP contribution in [0.1, 0.15) is 19.4 Å². The van der Waals surface area contributed by atoms with Crippen LogP contribution in [0.5, 0.6) is 0 Å². The number of benzene rings is 1. The summed E-state index contributed by atoms with van der Waals surface area (Å²) in [7, 11) is -3.49. The van der Waals surface area contributed by atoms with Gasteiger partial charge in [-0.05, 0) is 23.8 Å².